The molecule has 0 radical (unpaired) electrons. The molecular weight excluding hydrogens is 506 g/mol. The first-order chi connectivity index (χ1) is 20.3. The van der Waals surface area contributed by atoms with Gasteiger partial charge < -0.3 is 0 Å². The minimum atomic E-state index is 0.511. The molecule has 4 heterocycles. The molecule has 41 heavy (non-hydrogen) atoms. The van der Waals surface area contributed by atoms with Gasteiger partial charge in [-0.1, -0.05) is 91.0 Å². The monoisotopic (exact) mass is 527 g/mol. The van der Waals surface area contributed by atoms with E-state index in [-0.39, 0.29) is 0 Å². The number of imidazole rings is 2. The third-order valence-electron chi connectivity index (χ3n) is 7.73. The predicted molar refractivity (Wildman–Crippen MR) is 163 cm³/mol. The van der Waals surface area contributed by atoms with E-state index in [4.69, 9.17) is 19.9 Å². The van der Waals surface area contributed by atoms with Gasteiger partial charge in [-0.25, -0.2) is 9.55 Å². The van der Waals surface area contributed by atoms with Crippen LogP contribution in [0.4, 0.5) is 0 Å². The Morgan fingerprint density at radius 3 is 1.63 bits per heavy atom. The minimum absolute atomic E-state index is 0.511. The molecule has 0 unspecified atom stereocenters. The van der Waals surface area contributed by atoms with E-state index in [0.29, 0.717) is 17.7 Å². The highest BCUT2D eigenvalue weighted by Crippen LogP contribution is 2.33. The zero-order valence-corrected chi connectivity index (χ0v) is 21.8. The number of rotatable bonds is 3. The van der Waals surface area contributed by atoms with Gasteiger partial charge in [0, 0.05) is 16.3 Å². The normalized spacial score (nSPS) is 11.9. The lowest BCUT2D eigenvalue weighted by Crippen LogP contribution is -2.10. The van der Waals surface area contributed by atoms with Crippen molar-refractivity contribution in [3.63, 3.8) is 0 Å². The maximum absolute atomic E-state index is 5.16. The molecule has 0 saturated carbocycles. The van der Waals surface area contributed by atoms with E-state index in [0.717, 1.165) is 55.2 Å². The maximum atomic E-state index is 5.16. The fourth-order valence-corrected chi connectivity index (χ4v) is 5.96. The summed E-state index contributed by atoms with van der Waals surface area (Å²) < 4.78 is 6.35. The highest BCUT2D eigenvalue weighted by molar-refractivity contribution is 6.09. The van der Waals surface area contributed by atoms with Gasteiger partial charge in [0.15, 0.2) is 5.82 Å². The van der Waals surface area contributed by atoms with E-state index >= 15 is 0 Å². The van der Waals surface area contributed by atoms with E-state index in [1.807, 2.05) is 65.2 Å². The lowest BCUT2D eigenvalue weighted by atomic mass is 10.2. The Kier molecular flexibility index (Phi) is 4.48. The largest absolute Gasteiger partial charge is 0.278 e. The van der Waals surface area contributed by atoms with Gasteiger partial charge in [-0.2, -0.15) is 15.0 Å². The molecular formula is C34H21N7. The molecule has 0 saturated heterocycles. The zero-order chi connectivity index (χ0) is 26.9. The van der Waals surface area contributed by atoms with Crippen molar-refractivity contribution in [2.24, 2.45) is 0 Å². The molecule has 192 valence electrons. The number of hydrogen-bond donors (Lipinski definition) is 0. The smallest absolute Gasteiger partial charge is 0.242 e. The molecule has 0 aliphatic carbocycles. The Hall–Kier alpha value is -5.82. The average molecular weight is 528 g/mol. The van der Waals surface area contributed by atoms with Crippen molar-refractivity contribution >= 4 is 49.7 Å². The maximum Gasteiger partial charge on any atom is 0.242 e. The number of fused-ring (bicyclic) bond motifs is 8. The van der Waals surface area contributed by atoms with E-state index in [1.54, 1.807) is 0 Å². The molecule has 0 bridgehead atoms. The fraction of sp³-hybridized carbons (Fsp3) is 0. The van der Waals surface area contributed by atoms with Gasteiger partial charge in [0.1, 0.15) is 0 Å². The molecule has 5 aromatic carbocycles. The number of aromatic nitrogens is 7. The van der Waals surface area contributed by atoms with E-state index in [2.05, 4.69) is 75.7 Å². The van der Waals surface area contributed by atoms with Crippen molar-refractivity contribution in [3.05, 3.63) is 127 Å². The summed E-state index contributed by atoms with van der Waals surface area (Å²) in [5.74, 6) is 2.42. The third-order valence-corrected chi connectivity index (χ3v) is 7.73. The van der Waals surface area contributed by atoms with Crippen molar-refractivity contribution in [1.82, 2.24) is 33.5 Å². The molecule has 0 fully saturated rings. The Bertz CT molecular complexity index is 2380. The van der Waals surface area contributed by atoms with Crippen LogP contribution >= 0.6 is 0 Å². The summed E-state index contributed by atoms with van der Waals surface area (Å²) in [6.07, 6.45) is 0. The Balaban J connectivity index is 1.43. The van der Waals surface area contributed by atoms with E-state index in [1.165, 1.54) is 0 Å². The van der Waals surface area contributed by atoms with E-state index < -0.39 is 0 Å². The minimum Gasteiger partial charge on any atom is -0.278 e. The topological polar surface area (TPSA) is 65.8 Å². The highest BCUT2D eigenvalue weighted by Gasteiger charge is 2.22. The zero-order valence-electron chi connectivity index (χ0n) is 21.8. The van der Waals surface area contributed by atoms with Crippen LogP contribution in [0.2, 0.25) is 0 Å². The summed E-state index contributed by atoms with van der Waals surface area (Å²) >= 11 is 0. The van der Waals surface area contributed by atoms with Crippen LogP contribution in [0.15, 0.2) is 127 Å². The van der Waals surface area contributed by atoms with Crippen LogP contribution in [-0.4, -0.2) is 33.5 Å². The summed E-state index contributed by atoms with van der Waals surface area (Å²) in [6, 6.07) is 43.3. The third kappa shape index (κ3) is 3.14. The first-order valence-corrected chi connectivity index (χ1v) is 13.5. The van der Waals surface area contributed by atoms with Crippen LogP contribution in [0.3, 0.4) is 0 Å². The number of benzene rings is 5. The summed E-state index contributed by atoms with van der Waals surface area (Å²) in [5, 5.41) is 2.30. The lowest BCUT2D eigenvalue weighted by Gasteiger charge is -2.11. The van der Waals surface area contributed by atoms with Gasteiger partial charge in [0.2, 0.25) is 17.7 Å². The molecule has 0 atom stereocenters. The molecule has 0 aliphatic heterocycles. The summed E-state index contributed by atoms with van der Waals surface area (Å²) in [4.78, 5) is 20.3. The highest BCUT2D eigenvalue weighted by atomic mass is 15.3. The molecule has 9 aromatic rings. The van der Waals surface area contributed by atoms with Gasteiger partial charge in [0.05, 0.1) is 33.1 Å². The van der Waals surface area contributed by atoms with Crippen molar-refractivity contribution in [3.8, 4) is 23.3 Å². The van der Waals surface area contributed by atoms with Gasteiger partial charge in [-0.3, -0.25) is 8.97 Å². The van der Waals surface area contributed by atoms with Crippen LogP contribution in [0.25, 0.3) is 72.9 Å². The van der Waals surface area contributed by atoms with Gasteiger partial charge in [-0.05, 0) is 36.4 Å². The van der Waals surface area contributed by atoms with Crippen LogP contribution < -0.4 is 0 Å². The van der Waals surface area contributed by atoms with Crippen molar-refractivity contribution in [1.29, 1.82) is 0 Å². The van der Waals surface area contributed by atoms with E-state index in [9.17, 15) is 0 Å². The summed E-state index contributed by atoms with van der Waals surface area (Å²) in [6.45, 7) is 0. The molecule has 0 aliphatic rings. The number of para-hydroxylation sites is 6. The van der Waals surface area contributed by atoms with Crippen LogP contribution in [-0.2, 0) is 0 Å². The van der Waals surface area contributed by atoms with Crippen molar-refractivity contribution < 1.29 is 0 Å². The first kappa shape index (κ1) is 22.0. The molecule has 0 amide bonds. The predicted octanol–water partition coefficient (Wildman–Crippen LogP) is 7.38. The number of hydrogen-bond acceptors (Lipinski definition) is 4. The summed E-state index contributed by atoms with van der Waals surface area (Å²) in [7, 11) is 0. The molecule has 9 rings (SSSR count). The standard InChI is InChI=1S/C34H21N7/c1-2-12-22(13-3-1)31-36-32(39-26-17-7-4-14-23(26)24-15-5-8-18-27(24)39)38-33(37-31)41-30-21-11-10-20-29(30)40-28-19-9-6-16-25(28)35-34(40)41/h1-21H. The van der Waals surface area contributed by atoms with Gasteiger partial charge in [0.25, 0.3) is 0 Å². The quantitative estimate of drug-likeness (QED) is 0.240. The fourth-order valence-electron chi connectivity index (χ4n) is 5.96. The molecule has 4 aromatic heterocycles. The molecule has 7 heteroatoms. The Labute approximate surface area is 233 Å². The Morgan fingerprint density at radius 1 is 0.390 bits per heavy atom. The molecule has 0 spiro atoms. The van der Waals surface area contributed by atoms with Gasteiger partial charge >= 0.3 is 0 Å². The average Bonchev–Trinajstić information content (AvgIpc) is 3.68. The molecule has 0 N–H and O–H groups in total. The SMILES string of the molecule is c1ccc(-c2nc(-n3c4ccccc4c4ccccc43)nc(-n3c4ccccc4n4c5ccccc5nc34)n2)cc1. The van der Waals surface area contributed by atoms with Crippen LogP contribution in [0, 0.1) is 0 Å². The van der Waals surface area contributed by atoms with Crippen LogP contribution in [0.5, 0.6) is 0 Å². The first-order valence-electron chi connectivity index (χ1n) is 13.5. The van der Waals surface area contributed by atoms with Crippen molar-refractivity contribution in [2.45, 2.75) is 0 Å². The number of nitrogens with zero attached hydrogens (tertiary/aromatic N) is 7. The molecule has 7 nitrogen and oxygen atoms in total. The van der Waals surface area contributed by atoms with Gasteiger partial charge in [-0.15, -0.1) is 0 Å². The van der Waals surface area contributed by atoms with Crippen LogP contribution in [0.1, 0.15) is 0 Å². The second-order valence-corrected chi connectivity index (χ2v) is 10.1. The Morgan fingerprint density at radius 2 is 0.927 bits per heavy atom. The lowest BCUT2D eigenvalue weighted by molar-refractivity contribution is 0.885. The summed E-state index contributed by atoms with van der Waals surface area (Å²) in [5.41, 5.74) is 6.96. The second-order valence-electron chi connectivity index (χ2n) is 10.1. The second kappa shape index (κ2) is 8.34. The van der Waals surface area contributed by atoms with Crippen molar-refractivity contribution in [2.75, 3.05) is 0 Å².